The largest absolute Gasteiger partial charge is 0.334 e. The lowest BCUT2D eigenvalue weighted by atomic mass is 9.98. The maximum atomic E-state index is 12.8. The average molecular weight is 291 g/mol. The standard InChI is InChI=1S/C17H29N3O/c1-13(2)10-15-8-6-5-7-9-20(15)17(21)16-11-19(12-18-16)14(3)4/h11-15H,5-10H2,1-4H3. The van der Waals surface area contributed by atoms with Gasteiger partial charge >= 0.3 is 0 Å². The van der Waals surface area contributed by atoms with Crippen LogP contribution >= 0.6 is 0 Å². The monoisotopic (exact) mass is 291 g/mol. The van der Waals surface area contributed by atoms with E-state index < -0.39 is 0 Å². The summed E-state index contributed by atoms with van der Waals surface area (Å²) in [4.78, 5) is 19.2. The summed E-state index contributed by atoms with van der Waals surface area (Å²) in [6.07, 6.45) is 9.48. The minimum atomic E-state index is 0.113. The van der Waals surface area contributed by atoms with Gasteiger partial charge in [-0.25, -0.2) is 4.98 Å². The van der Waals surface area contributed by atoms with Crippen LogP contribution in [0.3, 0.4) is 0 Å². The van der Waals surface area contributed by atoms with E-state index in [0.717, 1.165) is 25.8 Å². The molecule has 118 valence electrons. The van der Waals surface area contributed by atoms with Gasteiger partial charge in [0.05, 0.1) is 6.33 Å². The Morgan fingerprint density at radius 3 is 2.67 bits per heavy atom. The highest BCUT2D eigenvalue weighted by Gasteiger charge is 2.28. The van der Waals surface area contributed by atoms with Crippen molar-refractivity contribution in [2.45, 2.75) is 71.9 Å². The van der Waals surface area contributed by atoms with Crippen molar-refractivity contribution in [2.75, 3.05) is 6.54 Å². The molecule has 1 fully saturated rings. The summed E-state index contributed by atoms with van der Waals surface area (Å²) >= 11 is 0. The van der Waals surface area contributed by atoms with Gasteiger partial charge in [-0.3, -0.25) is 4.79 Å². The molecule has 1 saturated heterocycles. The Morgan fingerprint density at radius 1 is 1.29 bits per heavy atom. The lowest BCUT2D eigenvalue weighted by Gasteiger charge is -2.30. The van der Waals surface area contributed by atoms with Crippen LogP contribution < -0.4 is 0 Å². The summed E-state index contributed by atoms with van der Waals surface area (Å²) < 4.78 is 2.00. The van der Waals surface area contributed by atoms with Gasteiger partial charge in [0.25, 0.3) is 5.91 Å². The number of imidazole rings is 1. The average Bonchev–Trinajstić information content (AvgIpc) is 2.80. The number of amides is 1. The maximum absolute atomic E-state index is 12.8. The molecule has 1 aliphatic heterocycles. The van der Waals surface area contributed by atoms with E-state index in [2.05, 4.69) is 37.6 Å². The topological polar surface area (TPSA) is 38.1 Å². The molecule has 21 heavy (non-hydrogen) atoms. The minimum absolute atomic E-state index is 0.113. The van der Waals surface area contributed by atoms with Gasteiger partial charge in [-0.15, -0.1) is 0 Å². The zero-order valence-corrected chi connectivity index (χ0v) is 13.9. The van der Waals surface area contributed by atoms with Crippen LogP contribution in [0.2, 0.25) is 0 Å². The molecule has 0 spiro atoms. The first-order chi connectivity index (χ1) is 9.99. The van der Waals surface area contributed by atoms with Gasteiger partial charge in [0.15, 0.2) is 0 Å². The third-order valence-corrected chi connectivity index (χ3v) is 4.30. The first-order valence-electron chi connectivity index (χ1n) is 8.33. The van der Waals surface area contributed by atoms with E-state index in [1.165, 1.54) is 12.8 Å². The van der Waals surface area contributed by atoms with Crippen LogP contribution in [0, 0.1) is 5.92 Å². The fraction of sp³-hybridized carbons (Fsp3) is 0.765. The second kappa shape index (κ2) is 7.10. The molecule has 0 saturated carbocycles. The Bertz CT molecular complexity index is 464. The minimum Gasteiger partial charge on any atom is -0.334 e. The van der Waals surface area contributed by atoms with Crippen molar-refractivity contribution >= 4 is 5.91 Å². The highest BCUT2D eigenvalue weighted by atomic mass is 16.2. The van der Waals surface area contributed by atoms with Gasteiger partial charge in [-0.1, -0.05) is 26.7 Å². The number of carbonyl (C=O) groups is 1. The molecule has 1 aromatic rings. The van der Waals surface area contributed by atoms with Crippen molar-refractivity contribution in [3.05, 3.63) is 18.2 Å². The second-order valence-electron chi connectivity index (χ2n) is 6.93. The van der Waals surface area contributed by atoms with Gasteiger partial charge in [0, 0.05) is 24.8 Å². The van der Waals surface area contributed by atoms with Crippen LogP contribution in [-0.4, -0.2) is 32.9 Å². The molecule has 4 heteroatoms. The number of aromatic nitrogens is 2. The molecule has 2 heterocycles. The Hall–Kier alpha value is -1.32. The quantitative estimate of drug-likeness (QED) is 0.844. The summed E-state index contributed by atoms with van der Waals surface area (Å²) in [5.74, 6) is 0.735. The van der Waals surface area contributed by atoms with E-state index >= 15 is 0 Å². The second-order valence-corrected chi connectivity index (χ2v) is 6.93. The summed E-state index contributed by atoms with van der Waals surface area (Å²) in [5.41, 5.74) is 0.597. The molecule has 1 aliphatic rings. The van der Waals surface area contributed by atoms with Gasteiger partial charge in [0.2, 0.25) is 0 Å². The first kappa shape index (κ1) is 16.1. The van der Waals surface area contributed by atoms with Crippen molar-refractivity contribution in [1.82, 2.24) is 14.5 Å². The number of carbonyl (C=O) groups excluding carboxylic acids is 1. The van der Waals surface area contributed by atoms with Gasteiger partial charge in [-0.2, -0.15) is 0 Å². The SMILES string of the molecule is CC(C)CC1CCCCCN1C(=O)c1cn(C(C)C)cn1. The smallest absolute Gasteiger partial charge is 0.274 e. The van der Waals surface area contributed by atoms with E-state index in [0.29, 0.717) is 23.7 Å². The third kappa shape index (κ3) is 4.08. The Kier molecular flexibility index (Phi) is 5.43. The first-order valence-corrected chi connectivity index (χ1v) is 8.33. The zero-order valence-electron chi connectivity index (χ0n) is 13.9. The molecule has 0 bridgehead atoms. The van der Waals surface area contributed by atoms with Crippen molar-refractivity contribution in [1.29, 1.82) is 0 Å². The van der Waals surface area contributed by atoms with Crippen LogP contribution in [0.25, 0.3) is 0 Å². The predicted molar refractivity (Wildman–Crippen MR) is 85.4 cm³/mol. The molecule has 0 aliphatic carbocycles. The van der Waals surface area contributed by atoms with E-state index in [9.17, 15) is 4.79 Å². The predicted octanol–water partition coefficient (Wildman–Crippen LogP) is 3.89. The number of rotatable bonds is 4. The normalized spacial score (nSPS) is 20.1. The number of nitrogens with zero attached hydrogens (tertiary/aromatic N) is 3. The molecule has 1 amide bonds. The van der Waals surface area contributed by atoms with Crippen LogP contribution in [-0.2, 0) is 0 Å². The molecule has 1 atom stereocenters. The summed E-state index contributed by atoms with van der Waals surface area (Å²) in [7, 11) is 0. The Morgan fingerprint density at radius 2 is 2.05 bits per heavy atom. The highest BCUT2D eigenvalue weighted by Crippen LogP contribution is 2.24. The van der Waals surface area contributed by atoms with Crippen molar-refractivity contribution in [2.24, 2.45) is 5.92 Å². The highest BCUT2D eigenvalue weighted by molar-refractivity contribution is 5.92. The third-order valence-electron chi connectivity index (χ3n) is 4.30. The number of hydrogen-bond donors (Lipinski definition) is 0. The van der Waals surface area contributed by atoms with E-state index in [4.69, 9.17) is 0 Å². The zero-order chi connectivity index (χ0) is 15.4. The van der Waals surface area contributed by atoms with Crippen molar-refractivity contribution < 1.29 is 4.79 Å². The molecular weight excluding hydrogens is 262 g/mol. The molecular formula is C17H29N3O. The lowest BCUT2D eigenvalue weighted by Crippen LogP contribution is -2.41. The maximum Gasteiger partial charge on any atom is 0.274 e. The molecule has 4 nitrogen and oxygen atoms in total. The van der Waals surface area contributed by atoms with Gasteiger partial charge in [-0.05, 0) is 39.0 Å². The van der Waals surface area contributed by atoms with Crippen LogP contribution in [0.1, 0.15) is 76.3 Å². The van der Waals surface area contributed by atoms with Crippen molar-refractivity contribution in [3.63, 3.8) is 0 Å². The Balaban J connectivity index is 2.15. The molecule has 2 rings (SSSR count). The van der Waals surface area contributed by atoms with Gasteiger partial charge in [0.1, 0.15) is 5.69 Å². The summed E-state index contributed by atoms with van der Waals surface area (Å²) in [5, 5.41) is 0. The molecule has 0 N–H and O–H groups in total. The fourth-order valence-electron chi connectivity index (χ4n) is 3.11. The van der Waals surface area contributed by atoms with E-state index in [1.807, 2.05) is 10.8 Å². The van der Waals surface area contributed by atoms with Crippen LogP contribution in [0.4, 0.5) is 0 Å². The van der Waals surface area contributed by atoms with Crippen molar-refractivity contribution in [3.8, 4) is 0 Å². The molecule has 0 radical (unpaired) electrons. The number of hydrogen-bond acceptors (Lipinski definition) is 2. The fourth-order valence-corrected chi connectivity index (χ4v) is 3.11. The summed E-state index contributed by atoms with van der Waals surface area (Å²) in [6.45, 7) is 9.56. The molecule has 1 unspecified atom stereocenters. The molecule has 1 aromatic heterocycles. The van der Waals surface area contributed by atoms with Gasteiger partial charge < -0.3 is 9.47 Å². The van der Waals surface area contributed by atoms with E-state index in [-0.39, 0.29) is 5.91 Å². The molecule has 0 aromatic carbocycles. The van der Waals surface area contributed by atoms with Crippen LogP contribution in [0.15, 0.2) is 12.5 Å². The van der Waals surface area contributed by atoms with E-state index in [1.54, 1.807) is 6.33 Å². The lowest BCUT2D eigenvalue weighted by molar-refractivity contribution is 0.0655. The number of likely N-dealkylation sites (tertiary alicyclic amines) is 1. The summed E-state index contributed by atoms with van der Waals surface area (Å²) in [6, 6.07) is 0.721. The van der Waals surface area contributed by atoms with Crippen LogP contribution in [0.5, 0.6) is 0 Å². The Labute approximate surface area is 128 Å².